The molecule has 2 aromatic rings. The first-order chi connectivity index (χ1) is 29.2. The first-order valence-electron chi connectivity index (χ1n) is 20.1. The largest absolute Gasteiger partial charge is 0.480 e. The number of hydrogen-bond donors (Lipinski definition) is 2. The fourth-order valence-corrected chi connectivity index (χ4v) is 9.72. The highest BCUT2D eigenvalue weighted by atomic mass is 32.2. The zero-order chi connectivity index (χ0) is 45.8. The number of hydrogen-bond acceptors (Lipinski definition) is 12. The van der Waals surface area contributed by atoms with Crippen LogP contribution in [0.2, 0.25) is 0 Å². The average molecular weight is 881 g/mol. The predicted molar refractivity (Wildman–Crippen MR) is 243 cm³/mol. The van der Waals surface area contributed by atoms with Gasteiger partial charge in [-0.25, -0.2) is 9.36 Å². The SMILES string of the molecule is CC1=C(/C=C/C(C)=C/C=C/C(C)=C/C=C/C=C(C)/C=C/C=C(C)/C=C/C2=C(C)C(=O)C(Sc3nnnn3CC(=O)O)CC2(C)C)C(C)(C)CC(Sc2nnnn2CC(=O)O)C1=O. The van der Waals surface area contributed by atoms with Crippen LogP contribution in [0.4, 0.5) is 0 Å². The maximum atomic E-state index is 13.4. The Hall–Kier alpha value is -5.74. The van der Waals surface area contributed by atoms with Gasteiger partial charge in [-0.05, 0) is 108 Å². The summed E-state index contributed by atoms with van der Waals surface area (Å²) in [6, 6.07) is 0. The Labute approximate surface area is 371 Å². The van der Waals surface area contributed by atoms with E-state index in [-0.39, 0.29) is 35.5 Å². The van der Waals surface area contributed by atoms with E-state index in [1.807, 2.05) is 127 Å². The summed E-state index contributed by atoms with van der Waals surface area (Å²) in [5.41, 5.74) is 6.93. The van der Waals surface area contributed by atoms with Gasteiger partial charge in [0.2, 0.25) is 10.3 Å². The summed E-state index contributed by atoms with van der Waals surface area (Å²) in [5.74, 6) is -2.13. The zero-order valence-corrected chi connectivity index (χ0v) is 38.6. The minimum Gasteiger partial charge on any atom is -0.480 e. The summed E-state index contributed by atoms with van der Waals surface area (Å²) in [6.45, 7) is 19.5. The Kier molecular flexibility index (Phi) is 17.3. The van der Waals surface area contributed by atoms with E-state index in [0.717, 1.165) is 33.4 Å². The first kappa shape index (κ1) is 48.9. The first-order valence-corrected chi connectivity index (χ1v) is 21.8. The topological polar surface area (TPSA) is 196 Å². The lowest BCUT2D eigenvalue weighted by Gasteiger charge is -2.36. The standard InChI is InChI=1S/C46H56N8O6S2/c1-29(17-13-19-31(3)21-23-35-33(5)41(59)37(25-45(35,7)8)61-43-47-49-51-53(43)27-39(55)56)15-11-12-16-30(2)18-14-20-32(4)22-24-36-34(6)42(60)38(26-46(36,9)10)62-44-48-50-52-54(44)28-40(57)58/h11-24,37-38H,25-28H2,1-10H3,(H,55,56)(H,57,58)/b12-11+,17-13+,18-14+,23-21+,24-22+,29-15+,30-16+,31-19+,32-20+. The number of allylic oxidation sites excluding steroid dienone is 22. The van der Waals surface area contributed by atoms with Crippen LogP contribution < -0.4 is 0 Å². The molecule has 2 aliphatic carbocycles. The van der Waals surface area contributed by atoms with Crippen molar-refractivity contribution >= 4 is 47.0 Å². The Bertz CT molecular complexity index is 2230. The van der Waals surface area contributed by atoms with Gasteiger partial charge in [-0.15, -0.1) is 10.2 Å². The van der Waals surface area contributed by atoms with Crippen molar-refractivity contribution in [2.45, 2.75) is 116 Å². The number of tetrazole rings is 2. The van der Waals surface area contributed by atoms with Gasteiger partial charge in [0.15, 0.2) is 11.6 Å². The van der Waals surface area contributed by atoms with Crippen molar-refractivity contribution in [1.29, 1.82) is 0 Å². The quantitative estimate of drug-likeness (QED) is 0.135. The van der Waals surface area contributed by atoms with Gasteiger partial charge in [-0.2, -0.15) is 0 Å². The lowest BCUT2D eigenvalue weighted by Crippen LogP contribution is -2.34. The number of carbonyl (C=O) groups excluding carboxylic acids is 2. The fourth-order valence-electron chi connectivity index (χ4n) is 7.03. The number of ketones is 2. The third-order valence-corrected chi connectivity index (χ3v) is 12.7. The lowest BCUT2D eigenvalue weighted by atomic mass is 9.72. The molecule has 0 spiro atoms. The Morgan fingerprint density at radius 3 is 1.31 bits per heavy atom. The lowest BCUT2D eigenvalue weighted by molar-refractivity contribution is -0.139. The number of nitrogens with zero attached hydrogens (tertiary/aromatic N) is 8. The number of aromatic nitrogens is 8. The number of Topliss-reactive ketones (excluding diaryl/α,β-unsaturated/α-hetero) is 2. The minimum atomic E-state index is -1.06. The average Bonchev–Trinajstić information content (AvgIpc) is 3.81. The molecule has 328 valence electrons. The number of aliphatic carboxylic acids is 2. The van der Waals surface area contributed by atoms with Gasteiger partial charge < -0.3 is 10.2 Å². The van der Waals surface area contributed by atoms with Crippen molar-refractivity contribution in [2.24, 2.45) is 10.8 Å². The van der Waals surface area contributed by atoms with Crippen LogP contribution in [-0.2, 0) is 32.3 Å². The highest BCUT2D eigenvalue weighted by Crippen LogP contribution is 2.46. The summed E-state index contributed by atoms with van der Waals surface area (Å²) in [5, 5.41) is 40.6. The molecule has 0 saturated carbocycles. The van der Waals surface area contributed by atoms with E-state index < -0.39 is 22.4 Å². The summed E-state index contributed by atoms with van der Waals surface area (Å²) in [6.07, 6.45) is 29.4. The van der Waals surface area contributed by atoms with E-state index >= 15 is 0 Å². The van der Waals surface area contributed by atoms with E-state index in [9.17, 15) is 19.2 Å². The van der Waals surface area contributed by atoms with Crippen LogP contribution in [0, 0.1) is 10.8 Å². The third kappa shape index (κ3) is 13.9. The molecule has 2 aliphatic rings. The van der Waals surface area contributed by atoms with Gasteiger partial charge in [-0.3, -0.25) is 19.2 Å². The molecule has 0 aromatic carbocycles. The highest BCUT2D eigenvalue weighted by molar-refractivity contribution is 8.00. The molecule has 0 amide bonds. The molecule has 2 aromatic heterocycles. The molecule has 2 N–H and O–H groups in total. The van der Waals surface area contributed by atoms with E-state index in [1.165, 1.54) is 32.9 Å². The van der Waals surface area contributed by atoms with Crippen molar-refractivity contribution in [3.63, 3.8) is 0 Å². The van der Waals surface area contributed by atoms with Crippen molar-refractivity contribution < 1.29 is 29.4 Å². The minimum absolute atomic E-state index is 0.00801. The van der Waals surface area contributed by atoms with Crippen molar-refractivity contribution in [1.82, 2.24) is 40.4 Å². The summed E-state index contributed by atoms with van der Waals surface area (Å²) < 4.78 is 2.40. The van der Waals surface area contributed by atoms with E-state index in [0.29, 0.717) is 34.3 Å². The van der Waals surface area contributed by atoms with Crippen LogP contribution in [-0.4, -0.2) is 84.6 Å². The van der Waals surface area contributed by atoms with E-state index in [2.05, 4.69) is 58.7 Å². The molecule has 0 radical (unpaired) electrons. The molecule has 2 heterocycles. The zero-order valence-electron chi connectivity index (χ0n) is 37.0. The van der Waals surface area contributed by atoms with Gasteiger partial charge in [0.25, 0.3) is 0 Å². The van der Waals surface area contributed by atoms with Crippen LogP contribution in [0.5, 0.6) is 0 Å². The number of carboxylic acids is 2. The molecule has 0 bridgehead atoms. The molecule has 0 aliphatic heterocycles. The van der Waals surface area contributed by atoms with E-state index in [4.69, 9.17) is 10.2 Å². The molecule has 14 nitrogen and oxygen atoms in total. The van der Waals surface area contributed by atoms with Gasteiger partial charge in [0, 0.05) is 0 Å². The molecule has 2 atom stereocenters. The molecule has 2 unspecified atom stereocenters. The van der Waals surface area contributed by atoms with Crippen molar-refractivity contribution in [3.8, 4) is 0 Å². The second-order valence-corrected chi connectivity index (χ2v) is 19.0. The molecule has 0 saturated heterocycles. The second-order valence-electron chi connectivity index (χ2n) is 16.6. The normalized spacial score (nSPS) is 20.7. The van der Waals surface area contributed by atoms with E-state index in [1.54, 1.807) is 0 Å². The Morgan fingerprint density at radius 1 is 0.613 bits per heavy atom. The van der Waals surface area contributed by atoms with Crippen LogP contribution in [0.3, 0.4) is 0 Å². The Balaban J connectivity index is 1.29. The predicted octanol–water partition coefficient (Wildman–Crippen LogP) is 8.65. The van der Waals surface area contributed by atoms with Gasteiger partial charge in [0.1, 0.15) is 13.1 Å². The van der Waals surface area contributed by atoms with Gasteiger partial charge >= 0.3 is 11.9 Å². The number of carbonyl (C=O) groups is 4. The van der Waals surface area contributed by atoms with Crippen LogP contribution in [0.15, 0.2) is 140 Å². The Morgan fingerprint density at radius 2 is 0.952 bits per heavy atom. The number of thioether (sulfide) groups is 2. The van der Waals surface area contributed by atoms with Crippen LogP contribution >= 0.6 is 23.5 Å². The molecular weight excluding hydrogens is 825 g/mol. The van der Waals surface area contributed by atoms with Crippen molar-refractivity contribution in [3.05, 3.63) is 130 Å². The monoisotopic (exact) mass is 880 g/mol. The molecule has 0 fully saturated rings. The van der Waals surface area contributed by atoms with Gasteiger partial charge in [-0.1, -0.05) is 159 Å². The molecule has 4 rings (SSSR count). The van der Waals surface area contributed by atoms with Crippen LogP contribution in [0.1, 0.15) is 82.1 Å². The summed E-state index contributed by atoms with van der Waals surface area (Å²) in [4.78, 5) is 49.1. The maximum absolute atomic E-state index is 13.4. The number of carboxylic acid groups (broad SMARTS) is 2. The highest BCUT2D eigenvalue weighted by Gasteiger charge is 2.40. The van der Waals surface area contributed by atoms with Crippen LogP contribution in [0.25, 0.3) is 0 Å². The molecular formula is C46H56N8O6S2. The van der Waals surface area contributed by atoms with Gasteiger partial charge in [0.05, 0.1) is 10.5 Å². The summed E-state index contributed by atoms with van der Waals surface area (Å²) >= 11 is 2.41. The maximum Gasteiger partial charge on any atom is 0.325 e. The fraction of sp³-hybridized carbons (Fsp3) is 0.391. The number of rotatable bonds is 18. The van der Waals surface area contributed by atoms with Crippen molar-refractivity contribution in [2.75, 3.05) is 0 Å². The second kappa shape index (κ2) is 21.9. The molecule has 62 heavy (non-hydrogen) atoms. The molecule has 16 heteroatoms. The smallest absolute Gasteiger partial charge is 0.325 e. The third-order valence-electron chi connectivity index (χ3n) is 10.3. The summed E-state index contributed by atoms with van der Waals surface area (Å²) in [7, 11) is 0.